The number of alkyl halides is 3. The molecule has 162 valence electrons. The second-order valence-corrected chi connectivity index (χ2v) is 7.74. The molecule has 31 heavy (non-hydrogen) atoms. The molecule has 2 N–H and O–H groups in total. The second-order valence-electron chi connectivity index (χ2n) is 7.36. The number of aromatic nitrogens is 2. The highest BCUT2D eigenvalue weighted by atomic mass is 35.5. The molecule has 1 aromatic heterocycles. The molecule has 0 fully saturated rings. The molecule has 9 heteroatoms. The quantitative estimate of drug-likeness (QED) is 0.513. The molecule has 2 unspecified atom stereocenters. The third-order valence-corrected chi connectivity index (χ3v) is 5.69. The van der Waals surface area contributed by atoms with E-state index in [0.717, 1.165) is 16.7 Å². The van der Waals surface area contributed by atoms with E-state index in [4.69, 9.17) is 11.6 Å². The van der Waals surface area contributed by atoms with Crippen molar-refractivity contribution in [2.75, 3.05) is 10.6 Å². The fraction of sp³-hybridized carbons (Fsp3) is 0.273. The standard InChI is InChI=1S/C22H20ClF3N4O/c1-2-13-8-10-15(11-9-13)27-21(31)19-18(23)20-28-16(14-6-4-3-5-7-14)12-17(22(24,25)26)30(20)29-19/h3-11,16-17,28H,2,12H2,1H3,(H,27,31). The van der Waals surface area contributed by atoms with Crippen molar-refractivity contribution in [3.8, 4) is 0 Å². The summed E-state index contributed by atoms with van der Waals surface area (Å²) in [6.45, 7) is 2.01. The van der Waals surface area contributed by atoms with Gasteiger partial charge in [-0.2, -0.15) is 18.3 Å². The Hall–Kier alpha value is -3.00. The number of nitrogens with zero attached hydrogens (tertiary/aromatic N) is 2. The van der Waals surface area contributed by atoms with E-state index in [1.54, 1.807) is 42.5 Å². The lowest BCUT2D eigenvalue weighted by molar-refractivity contribution is -0.173. The number of carbonyl (C=O) groups is 1. The zero-order valence-electron chi connectivity index (χ0n) is 16.6. The highest BCUT2D eigenvalue weighted by Gasteiger charge is 2.47. The predicted octanol–water partition coefficient (Wildman–Crippen LogP) is 6.01. The van der Waals surface area contributed by atoms with Crippen molar-refractivity contribution in [2.24, 2.45) is 0 Å². The van der Waals surface area contributed by atoms with E-state index in [9.17, 15) is 18.0 Å². The number of anilines is 2. The van der Waals surface area contributed by atoms with Gasteiger partial charge < -0.3 is 10.6 Å². The van der Waals surface area contributed by atoms with Crippen molar-refractivity contribution >= 4 is 29.0 Å². The normalized spacial score (nSPS) is 18.2. The number of rotatable bonds is 4. The monoisotopic (exact) mass is 448 g/mol. The Morgan fingerprint density at radius 3 is 2.48 bits per heavy atom. The van der Waals surface area contributed by atoms with Gasteiger partial charge in [-0.15, -0.1) is 0 Å². The van der Waals surface area contributed by atoms with Crippen LogP contribution in [0.4, 0.5) is 24.7 Å². The lowest BCUT2D eigenvalue weighted by Gasteiger charge is -2.33. The molecule has 1 aliphatic rings. The third-order valence-electron chi connectivity index (χ3n) is 5.33. The van der Waals surface area contributed by atoms with Gasteiger partial charge in [0.05, 0.1) is 6.04 Å². The number of hydrogen-bond acceptors (Lipinski definition) is 3. The van der Waals surface area contributed by atoms with Crippen molar-refractivity contribution < 1.29 is 18.0 Å². The first kappa shape index (κ1) is 21.2. The van der Waals surface area contributed by atoms with Crippen molar-refractivity contribution in [2.45, 2.75) is 38.0 Å². The van der Waals surface area contributed by atoms with Crippen LogP contribution < -0.4 is 10.6 Å². The molecule has 2 aromatic carbocycles. The number of hydrogen-bond donors (Lipinski definition) is 2. The summed E-state index contributed by atoms with van der Waals surface area (Å²) in [5.41, 5.74) is 2.04. The smallest absolute Gasteiger partial charge is 0.362 e. The van der Waals surface area contributed by atoms with Gasteiger partial charge in [0, 0.05) is 12.1 Å². The molecule has 2 heterocycles. The van der Waals surface area contributed by atoms with Crippen LogP contribution in [-0.4, -0.2) is 21.9 Å². The molecular weight excluding hydrogens is 429 g/mol. The molecule has 1 aliphatic heterocycles. The average molecular weight is 449 g/mol. The molecule has 0 aliphatic carbocycles. The van der Waals surface area contributed by atoms with Crippen LogP contribution in [0.15, 0.2) is 54.6 Å². The maximum atomic E-state index is 13.8. The first-order valence-corrected chi connectivity index (χ1v) is 10.2. The van der Waals surface area contributed by atoms with Crippen molar-refractivity contribution in [1.82, 2.24) is 9.78 Å². The fourth-order valence-electron chi connectivity index (χ4n) is 3.65. The van der Waals surface area contributed by atoms with Crippen LogP contribution in [0.5, 0.6) is 0 Å². The number of aryl methyl sites for hydroxylation is 1. The first-order chi connectivity index (χ1) is 14.8. The van der Waals surface area contributed by atoms with Gasteiger partial charge in [-0.25, -0.2) is 4.68 Å². The van der Waals surface area contributed by atoms with Crippen LogP contribution >= 0.6 is 11.6 Å². The summed E-state index contributed by atoms with van der Waals surface area (Å²) < 4.78 is 42.3. The van der Waals surface area contributed by atoms with Crippen LogP contribution in [-0.2, 0) is 6.42 Å². The Morgan fingerprint density at radius 1 is 1.19 bits per heavy atom. The number of carbonyl (C=O) groups excluding carboxylic acids is 1. The number of fused-ring (bicyclic) bond motifs is 1. The van der Waals surface area contributed by atoms with Gasteiger partial charge in [-0.05, 0) is 29.7 Å². The van der Waals surface area contributed by atoms with E-state index >= 15 is 0 Å². The molecule has 0 bridgehead atoms. The molecule has 2 atom stereocenters. The largest absolute Gasteiger partial charge is 0.410 e. The Kier molecular flexibility index (Phi) is 5.66. The topological polar surface area (TPSA) is 59.0 Å². The lowest BCUT2D eigenvalue weighted by atomic mass is 9.97. The van der Waals surface area contributed by atoms with E-state index in [1.165, 1.54) is 0 Å². The van der Waals surface area contributed by atoms with Crippen LogP contribution in [0.1, 0.15) is 47.0 Å². The van der Waals surface area contributed by atoms with E-state index < -0.39 is 24.2 Å². The second kappa shape index (κ2) is 8.26. The summed E-state index contributed by atoms with van der Waals surface area (Å²) in [5.74, 6) is -0.689. The minimum atomic E-state index is -4.55. The van der Waals surface area contributed by atoms with Crippen molar-refractivity contribution in [3.63, 3.8) is 0 Å². The van der Waals surface area contributed by atoms with Gasteiger partial charge in [0.15, 0.2) is 11.7 Å². The van der Waals surface area contributed by atoms with Gasteiger partial charge in [0.25, 0.3) is 5.91 Å². The SMILES string of the molecule is CCc1ccc(NC(=O)c2nn3c(c2Cl)NC(c2ccccc2)CC3C(F)(F)F)cc1. The van der Waals surface area contributed by atoms with Crippen LogP contribution in [0.3, 0.4) is 0 Å². The summed E-state index contributed by atoms with van der Waals surface area (Å²) in [6.07, 6.45) is -3.97. The van der Waals surface area contributed by atoms with Gasteiger partial charge in [0.2, 0.25) is 0 Å². The fourth-order valence-corrected chi connectivity index (χ4v) is 3.92. The minimum Gasteiger partial charge on any atom is -0.362 e. The highest BCUT2D eigenvalue weighted by molar-refractivity contribution is 6.36. The molecule has 3 aromatic rings. The summed E-state index contributed by atoms with van der Waals surface area (Å²) >= 11 is 6.35. The maximum Gasteiger partial charge on any atom is 0.410 e. The minimum absolute atomic E-state index is 0.0180. The van der Waals surface area contributed by atoms with E-state index in [1.807, 2.05) is 19.1 Å². The zero-order valence-corrected chi connectivity index (χ0v) is 17.3. The zero-order chi connectivity index (χ0) is 22.2. The van der Waals surface area contributed by atoms with Crippen LogP contribution in [0, 0.1) is 0 Å². The third kappa shape index (κ3) is 4.25. The summed E-state index contributed by atoms with van der Waals surface area (Å²) in [5, 5.41) is 9.48. The highest BCUT2D eigenvalue weighted by Crippen LogP contribution is 2.46. The Labute approximate surface area is 182 Å². The molecular formula is C22H20ClF3N4O. The van der Waals surface area contributed by atoms with Crippen LogP contribution in [0.2, 0.25) is 5.02 Å². The summed E-state index contributed by atoms with van der Waals surface area (Å²) in [7, 11) is 0. The Bertz CT molecular complexity index is 1080. The molecule has 1 amide bonds. The Balaban J connectivity index is 1.67. The van der Waals surface area contributed by atoms with E-state index in [2.05, 4.69) is 15.7 Å². The number of halogens is 4. The summed E-state index contributed by atoms with van der Waals surface area (Å²) in [6, 6.07) is 13.5. The Morgan fingerprint density at radius 2 is 1.87 bits per heavy atom. The molecule has 0 saturated carbocycles. The van der Waals surface area contributed by atoms with Gasteiger partial charge in [-0.3, -0.25) is 4.79 Å². The maximum absolute atomic E-state index is 13.8. The first-order valence-electron chi connectivity index (χ1n) is 9.84. The molecule has 4 rings (SSSR count). The number of amides is 1. The van der Waals surface area contributed by atoms with Crippen molar-refractivity contribution in [1.29, 1.82) is 0 Å². The lowest BCUT2D eigenvalue weighted by Crippen LogP contribution is -2.35. The van der Waals surface area contributed by atoms with E-state index in [0.29, 0.717) is 11.3 Å². The average Bonchev–Trinajstić information content (AvgIpc) is 3.10. The van der Waals surface area contributed by atoms with Gasteiger partial charge in [0.1, 0.15) is 10.8 Å². The molecule has 0 saturated heterocycles. The van der Waals surface area contributed by atoms with E-state index in [-0.39, 0.29) is 23.0 Å². The summed E-state index contributed by atoms with van der Waals surface area (Å²) in [4.78, 5) is 12.7. The molecule has 0 radical (unpaired) electrons. The number of benzene rings is 2. The molecule has 5 nitrogen and oxygen atoms in total. The van der Waals surface area contributed by atoms with Crippen LogP contribution in [0.25, 0.3) is 0 Å². The van der Waals surface area contributed by atoms with Crippen molar-refractivity contribution in [3.05, 3.63) is 76.4 Å². The van der Waals surface area contributed by atoms with Gasteiger partial charge >= 0.3 is 6.18 Å². The number of nitrogens with one attached hydrogen (secondary N) is 2. The van der Waals surface area contributed by atoms with Gasteiger partial charge in [-0.1, -0.05) is 61.0 Å². The molecule has 0 spiro atoms. The predicted molar refractivity (Wildman–Crippen MR) is 114 cm³/mol.